The Bertz CT molecular complexity index is 1580. The van der Waals surface area contributed by atoms with Gasteiger partial charge in [-0.25, -0.2) is 26.9 Å². The van der Waals surface area contributed by atoms with E-state index in [9.17, 15) is 31.9 Å². The molecule has 0 unspecified atom stereocenters. The average molecular weight is 617 g/mol. The molecule has 4 aromatic rings. The summed E-state index contributed by atoms with van der Waals surface area (Å²) in [6, 6.07) is 18.9. The lowest BCUT2D eigenvalue weighted by Gasteiger charge is -2.41. The van der Waals surface area contributed by atoms with Gasteiger partial charge in [-0.1, -0.05) is 49.4 Å². The van der Waals surface area contributed by atoms with E-state index in [1.807, 2.05) is 37.3 Å². The maximum atomic E-state index is 14.2. The number of benzene rings is 3. The molecule has 1 fully saturated rings. The number of carbonyl (C=O) groups is 1. The Morgan fingerprint density at radius 2 is 1.58 bits per heavy atom. The molecule has 3 aromatic carbocycles. The van der Waals surface area contributed by atoms with Crippen molar-refractivity contribution >= 4 is 23.4 Å². The van der Waals surface area contributed by atoms with Gasteiger partial charge >= 0.3 is 0 Å². The number of anilines is 1. The van der Waals surface area contributed by atoms with E-state index < -0.39 is 53.0 Å². The Labute approximate surface area is 247 Å². The number of rotatable bonds is 8. The molecular formula is C31H25F5N2O4S. The number of amides is 1. The smallest absolute Gasteiger partial charge is 0.261 e. The second kappa shape index (κ2) is 13.2. The number of aliphatic hydroxyl groups excluding tert-OH is 1. The van der Waals surface area contributed by atoms with Gasteiger partial charge in [0.1, 0.15) is 5.56 Å². The largest absolute Gasteiger partial charge is 0.392 e. The van der Waals surface area contributed by atoms with Crippen molar-refractivity contribution in [2.75, 3.05) is 11.1 Å². The number of ether oxygens (including phenoxy) is 2. The van der Waals surface area contributed by atoms with Crippen molar-refractivity contribution in [3.05, 3.63) is 124 Å². The third kappa shape index (κ3) is 6.57. The van der Waals surface area contributed by atoms with Crippen LogP contribution in [0.1, 0.15) is 46.4 Å². The zero-order valence-electron chi connectivity index (χ0n) is 22.6. The second-order valence-electron chi connectivity index (χ2n) is 9.83. The molecule has 2 N–H and O–H groups in total. The summed E-state index contributed by atoms with van der Waals surface area (Å²) >= 11 is 1.51. The monoisotopic (exact) mass is 616 g/mol. The molecule has 0 radical (unpaired) electrons. The summed E-state index contributed by atoms with van der Waals surface area (Å²) in [6.07, 6.45) is -0.0247. The SMILES string of the molecule is C[C@@H]1[C@H](CSc2ccccn2)O[C@H](c2cccc(NC(=O)c3c(F)c(F)c(F)c(F)c3F)c2)O[C@@H]1c1ccc(CO)cc1. The van der Waals surface area contributed by atoms with Gasteiger partial charge in [0.05, 0.1) is 23.8 Å². The molecule has 0 bridgehead atoms. The summed E-state index contributed by atoms with van der Waals surface area (Å²) < 4.78 is 81.9. The van der Waals surface area contributed by atoms with Gasteiger partial charge in [-0.15, -0.1) is 11.8 Å². The van der Waals surface area contributed by atoms with Crippen LogP contribution in [0.5, 0.6) is 0 Å². The molecule has 224 valence electrons. The first-order valence-corrected chi connectivity index (χ1v) is 14.1. The van der Waals surface area contributed by atoms with Crippen LogP contribution in [0.3, 0.4) is 0 Å². The van der Waals surface area contributed by atoms with Crippen molar-refractivity contribution in [1.29, 1.82) is 0 Å². The van der Waals surface area contributed by atoms with Crippen molar-refractivity contribution in [2.45, 2.75) is 37.1 Å². The number of halogens is 5. The van der Waals surface area contributed by atoms with Gasteiger partial charge in [0.25, 0.3) is 5.91 Å². The summed E-state index contributed by atoms with van der Waals surface area (Å²) in [5.41, 5.74) is 0.437. The van der Waals surface area contributed by atoms with Crippen LogP contribution in [0.2, 0.25) is 0 Å². The first-order chi connectivity index (χ1) is 20.7. The fourth-order valence-corrected chi connectivity index (χ4v) is 5.70. The van der Waals surface area contributed by atoms with Crippen LogP contribution in [0.4, 0.5) is 27.6 Å². The molecule has 0 spiro atoms. The molecule has 0 saturated carbocycles. The molecule has 1 saturated heterocycles. The van der Waals surface area contributed by atoms with E-state index in [-0.39, 0.29) is 24.3 Å². The summed E-state index contributed by atoms with van der Waals surface area (Å²) in [4.78, 5) is 17.0. The molecule has 4 atom stereocenters. The van der Waals surface area contributed by atoms with Gasteiger partial charge in [-0.2, -0.15) is 0 Å². The number of hydrogen-bond donors (Lipinski definition) is 2. The maximum Gasteiger partial charge on any atom is 0.261 e. The molecule has 1 amide bonds. The van der Waals surface area contributed by atoms with Crippen LogP contribution in [-0.2, 0) is 16.1 Å². The predicted molar refractivity (Wildman–Crippen MR) is 149 cm³/mol. The third-order valence-electron chi connectivity index (χ3n) is 7.01. The van der Waals surface area contributed by atoms with Crippen LogP contribution in [0.25, 0.3) is 0 Å². The minimum Gasteiger partial charge on any atom is -0.392 e. The molecule has 1 aliphatic rings. The lowest BCUT2D eigenvalue weighted by molar-refractivity contribution is -0.268. The lowest BCUT2D eigenvalue weighted by Crippen LogP contribution is -2.38. The van der Waals surface area contributed by atoms with Crippen molar-refractivity contribution in [3.63, 3.8) is 0 Å². The number of pyridine rings is 1. The van der Waals surface area contributed by atoms with Gasteiger partial charge in [0.15, 0.2) is 29.6 Å². The minimum atomic E-state index is -2.36. The Morgan fingerprint density at radius 1 is 0.884 bits per heavy atom. The quantitative estimate of drug-likeness (QED) is 0.0952. The van der Waals surface area contributed by atoms with Gasteiger partial charge in [-0.3, -0.25) is 4.79 Å². The zero-order chi connectivity index (χ0) is 30.7. The van der Waals surface area contributed by atoms with Gasteiger partial charge < -0.3 is 19.9 Å². The normalized spacial score (nSPS) is 20.2. The Hall–Kier alpha value is -3.84. The van der Waals surface area contributed by atoms with E-state index in [4.69, 9.17) is 9.47 Å². The standard InChI is InChI=1S/C31H25F5N2O4S/c1-16-21(15-43-22-7-2-3-12-37-22)41-31(42-29(16)18-10-8-17(14-39)9-11-18)19-5-4-6-20(13-19)38-30(40)23-24(32)26(34)28(36)27(35)25(23)33/h2-13,16,21,29,31,39H,14-15H2,1H3,(H,38,40)/t16-,21+,29+,31+/m1/s1. The lowest BCUT2D eigenvalue weighted by atomic mass is 9.91. The number of nitrogens with one attached hydrogen (secondary N) is 1. The maximum absolute atomic E-state index is 14.2. The molecule has 6 nitrogen and oxygen atoms in total. The number of carbonyl (C=O) groups excluding carboxylic acids is 1. The molecule has 5 rings (SSSR count). The Kier molecular flexibility index (Phi) is 9.40. The Morgan fingerprint density at radius 3 is 2.23 bits per heavy atom. The highest BCUT2D eigenvalue weighted by molar-refractivity contribution is 7.99. The highest BCUT2D eigenvalue weighted by Gasteiger charge is 2.38. The predicted octanol–water partition coefficient (Wildman–Crippen LogP) is 7.11. The van der Waals surface area contributed by atoms with E-state index in [2.05, 4.69) is 10.3 Å². The highest BCUT2D eigenvalue weighted by Crippen LogP contribution is 2.43. The summed E-state index contributed by atoms with van der Waals surface area (Å²) in [5, 5.41) is 12.4. The molecule has 43 heavy (non-hydrogen) atoms. The molecule has 0 aliphatic carbocycles. The van der Waals surface area contributed by atoms with Crippen molar-refractivity contribution in [2.24, 2.45) is 5.92 Å². The van der Waals surface area contributed by atoms with Crippen LogP contribution in [0.15, 0.2) is 78.0 Å². The van der Waals surface area contributed by atoms with E-state index in [0.717, 1.165) is 16.2 Å². The van der Waals surface area contributed by atoms with Crippen LogP contribution in [0, 0.1) is 35.0 Å². The first kappa shape index (κ1) is 30.6. The summed E-state index contributed by atoms with van der Waals surface area (Å²) in [5.74, 6) is -12.4. The van der Waals surface area contributed by atoms with Crippen molar-refractivity contribution in [3.8, 4) is 0 Å². The van der Waals surface area contributed by atoms with Gasteiger partial charge in [0, 0.05) is 29.1 Å². The highest BCUT2D eigenvalue weighted by atomic mass is 32.2. The first-order valence-electron chi connectivity index (χ1n) is 13.1. The Balaban J connectivity index is 1.41. The number of nitrogens with zero attached hydrogens (tertiary/aromatic N) is 1. The van der Waals surface area contributed by atoms with Crippen LogP contribution in [-0.4, -0.2) is 27.9 Å². The number of aliphatic hydroxyl groups is 1. The number of hydrogen-bond acceptors (Lipinski definition) is 6. The summed E-state index contributed by atoms with van der Waals surface area (Å²) in [6.45, 7) is 1.88. The topological polar surface area (TPSA) is 80.7 Å². The summed E-state index contributed by atoms with van der Waals surface area (Å²) in [7, 11) is 0. The molecule has 12 heteroatoms. The average Bonchev–Trinajstić information content (AvgIpc) is 3.03. The van der Waals surface area contributed by atoms with Gasteiger partial charge in [0.2, 0.25) is 5.82 Å². The zero-order valence-corrected chi connectivity index (χ0v) is 23.4. The van der Waals surface area contributed by atoms with Crippen LogP contribution >= 0.6 is 11.8 Å². The van der Waals surface area contributed by atoms with E-state index in [0.29, 0.717) is 11.3 Å². The molecular weight excluding hydrogens is 591 g/mol. The van der Waals surface area contributed by atoms with Gasteiger partial charge in [-0.05, 0) is 35.4 Å². The van der Waals surface area contributed by atoms with Crippen molar-refractivity contribution in [1.82, 2.24) is 4.98 Å². The number of thioether (sulfide) groups is 1. The van der Waals surface area contributed by atoms with Crippen LogP contribution < -0.4 is 5.32 Å². The third-order valence-corrected chi connectivity index (χ3v) is 8.04. The fourth-order valence-electron chi connectivity index (χ4n) is 4.67. The molecule has 1 aromatic heterocycles. The molecule has 1 aliphatic heterocycles. The second-order valence-corrected chi connectivity index (χ2v) is 10.9. The fraction of sp³-hybridized carbons (Fsp3) is 0.226. The number of aromatic nitrogens is 1. The van der Waals surface area contributed by atoms with E-state index >= 15 is 0 Å². The van der Waals surface area contributed by atoms with E-state index in [1.54, 1.807) is 24.4 Å². The van der Waals surface area contributed by atoms with E-state index in [1.165, 1.54) is 30.0 Å². The molecule has 2 heterocycles. The minimum absolute atomic E-state index is 0.0144. The van der Waals surface area contributed by atoms with Crippen molar-refractivity contribution < 1.29 is 41.3 Å².